The minimum Gasteiger partial charge on any atom is -0.466 e. The van der Waals surface area contributed by atoms with Gasteiger partial charge in [-0.2, -0.15) is 0 Å². The molecule has 0 atom stereocenters. The van der Waals surface area contributed by atoms with Gasteiger partial charge in [-0.3, -0.25) is 4.79 Å². The number of rotatable bonds is 5. The van der Waals surface area contributed by atoms with E-state index in [9.17, 15) is 14.4 Å². The molecule has 0 radical (unpaired) electrons. The molecule has 2 aromatic carbocycles. The van der Waals surface area contributed by atoms with E-state index < -0.39 is 18.5 Å². The maximum Gasteiger partial charge on any atom is 0.344 e. The van der Waals surface area contributed by atoms with Gasteiger partial charge in [0.25, 0.3) is 0 Å². The third kappa shape index (κ3) is 4.17. The lowest BCUT2D eigenvalue weighted by Gasteiger charge is -2.08. The molecule has 0 unspecified atom stereocenters. The summed E-state index contributed by atoms with van der Waals surface area (Å²) in [4.78, 5) is 35.6. The lowest BCUT2D eigenvalue weighted by molar-refractivity contribution is -0.144. The molecule has 0 spiro atoms. The lowest BCUT2D eigenvalue weighted by atomic mass is 9.98. The van der Waals surface area contributed by atoms with E-state index in [1.54, 1.807) is 36.4 Å². The van der Waals surface area contributed by atoms with Crippen LogP contribution in [0.25, 0.3) is 0 Å². The summed E-state index contributed by atoms with van der Waals surface area (Å²) in [7, 11) is 1.19. The molecule has 0 bridgehead atoms. The predicted octanol–water partition coefficient (Wildman–Crippen LogP) is 2.90. The van der Waals surface area contributed by atoms with Gasteiger partial charge in [0.1, 0.15) is 0 Å². The average Bonchev–Trinajstić information content (AvgIpc) is 2.59. The molecule has 0 aromatic heterocycles. The Morgan fingerprint density at radius 2 is 1.57 bits per heavy atom. The largest absolute Gasteiger partial charge is 0.466 e. The van der Waals surface area contributed by atoms with Gasteiger partial charge >= 0.3 is 11.9 Å². The summed E-state index contributed by atoms with van der Waals surface area (Å²) in [5.41, 5.74) is 0.656. The van der Waals surface area contributed by atoms with Crippen LogP contribution in [0, 0.1) is 0 Å². The van der Waals surface area contributed by atoms with Crippen LogP contribution in [0.3, 0.4) is 0 Å². The molecule has 6 heteroatoms. The number of carbonyl (C=O) groups is 3. The number of ketones is 1. The summed E-state index contributed by atoms with van der Waals surface area (Å²) in [5.74, 6) is -1.79. The zero-order chi connectivity index (χ0) is 16.8. The van der Waals surface area contributed by atoms with Gasteiger partial charge in [0, 0.05) is 16.1 Å². The predicted molar refractivity (Wildman–Crippen MR) is 83.6 cm³/mol. The molecule has 0 aliphatic heterocycles. The van der Waals surface area contributed by atoms with Gasteiger partial charge in [0.2, 0.25) is 0 Å². The number of esters is 2. The van der Waals surface area contributed by atoms with Crippen LogP contribution in [0.2, 0.25) is 5.02 Å². The number of halogens is 1. The van der Waals surface area contributed by atoms with Crippen LogP contribution in [0.4, 0.5) is 0 Å². The number of carbonyl (C=O) groups excluding carboxylic acids is 3. The first-order valence-corrected chi connectivity index (χ1v) is 7.04. The molecule has 5 nitrogen and oxygen atoms in total. The number of benzene rings is 2. The second-order valence-electron chi connectivity index (χ2n) is 4.53. The molecule has 0 amide bonds. The summed E-state index contributed by atoms with van der Waals surface area (Å²) >= 11 is 5.80. The van der Waals surface area contributed by atoms with E-state index in [1.807, 2.05) is 0 Å². The molecule has 23 heavy (non-hydrogen) atoms. The smallest absolute Gasteiger partial charge is 0.344 e. The van der Waals surface area contributed by atoms with E-state index in [2.05, 4.69) is 4.74 Å². The Morgan fingerprint density at radius 3 is 2.17 bits per heavy atom. The van der Waals surface area contributed by atoms with E-state index in [1.165, 1.54) is 19.2 Å². The Hall–Kier alpha value is -2.66. The molecule has 118 valence electrons. The summed E-state index contributed by atoms with van der Waals surface area (Å²) in [5, 5.41) is 0.507. The molecule has 2 aromatic rings. The fourth-order valence-corrected chi connectivity index (χ4v) is 2.00. The first-order valence-electron chi connectivity index (χ1n) is 6.66. The third-order valence-corrected chi connectivity index (χ3v) is 3.30. The van der Waals surface area contributed by atoms with Crippen LogP contribution in [-0.2, 0) is 14.3 Å². The molecule has 0 fully saturated rings. The summed E-state index contributed by atoms with van der Waals surface area (Å²) in [6.07, 6.45) is 0. The van der Waals surface area contributed by atoms with Crippen LogP contribution in [0.5, 0.6) is 0 Å². The topological polar surface area (TPSA) is 69.7 Å². The van der Waals surface area contributed by atoms with Crippen LogP contribution in [0.15, 0.2) is 48.5 Å². The Bertz CT molecular complexity index is 737. The van der Waals surface area contributed by atoms with E-state index in [0.717, 1.165) is 0 Å². The molecule has 0 aliphatic carbocycles. The second kappa shape index (κ2) is 7.56. The fraction of sp³-hybridized carbons (Fsp3) is 0.118. The van der Waals surface area contributed by atoms with Crippen molar-refractivity contribution < 1.29 is 23.9 Å². The van der Waals surface area contributed by atoms with Crippen LogP contribution in [0.1, 0.15) is 26.3 Å². The maximum absolute atomic E-state index is 12.5. The highest BCUT2D eigenvalue weighted by atomic mass is 35.5. The van der Waals surface area contributed by atoms with Gasteiger partial charge in [-0.25, -0.2) is 9.59 Å². The van der Waals surface area contributed by atoms with Gasteiger partial charge in [-0.15, -0.1) is 0 Å². The molecule has 0 saturated heterocycles. The van der Waals surface area contributed by atoms with Gasteiger partial charge in [-0.05, 0) is 30.3 Å². The highest BCUT2D eigenvalue weighted by Crippen LogP contribution is 2.17. The van der Waals surface area contributed by atoms with Gasteiger partial charge in [0.05, 0.1) is 12.7 Å². The first-order chi connectivity index (χ1) is 11.0. The van der Waals surface area contributed by atoms with Crippen LogP contribution >= 0.6 is 11.6 Å². The fourth-order valence-electron chi connectivity index (χ4n) is 1.88. The molecular weight excluding hydrogens is 320 g/mol. The normalized spacial score (nSPS) is 10.0. The second-order valence-corrected chi connectivity index (χ2v) is 4.97. The molecular formula is C17H13ClO5. The third-order valence-electron chi connectivity index (χ3n) is 3.05. The number of hydrogen-bond donors (Lipinski definition) is 0. The highest BCUT2D eigenvalue weighted by molar-refractivity contribution is 6.30. The van der Waals surface area contributed by atoms with Crippen LogP contribution in [-0.4, -0.2) is 31.4 Å². The molecule has 0 saturated carbocycles. The quantitative estimate of drug-likeness (QED) is 0.622. The van der Waals surface area contributed by atoms with Crippen molar-refractivity contribution in [3.63, 3.8) is 0 Å². The lowest BCUT2D eigenvalue weighted by Crippen LogP contribution is -2.17. The Balaban J connectivity index is 2.26. The van der Waals surface area contributed by atoms with Crippen molar-refractivity contribution >= 4 is 29.3 Å². The number of ether oxygens (including phenoxy) is 2. The Labute approximate surface area is 137 Å². The van der Waals surface area contributed by atoms with Crippen molar-refractivity contribution in [1.29, 1.82) is 0 Å². The molecule has 0 N–H and O–H groups in total. The monoisotopic (exact) mass is 332 g/mol. The summed E-state index contributed by atoms with van der Waals surface area (Å²) in [6.45, 7) is -0.515. The van der Waals surface area contributed by atoms with Gasteiger partial charge in [-0.1, -0.05) is 29.8 Å². The van der Waals surface area contributed by atoms with E-state index in [4.69, 9.17) is 16.3 Å². The minimum atomic E-state index is -0.770. The van der Waals surface area contributed by atoms with Crippen molar-refractivity contribution in [1.82, 2.24) is 0 Å². The van der Waals surface area contributed by atoms with Crippen molar-refractivity contribution in [2.45, 2.75) is 0 Å². The Morgan fingerprint density at radius 1 is 0.957 bits per heavy atom. The zero-order valence-electron chi connectivity index (χ0n) is 12.2. The van der Waals surface area contributed by atoms with E-state index >= 15 is 0 Å². The first kappa shape index (κ1) is 16.7. The number of hydrogen-bond acceptors (Lipinski definition) is 5. The highest BCUT2D eigenvalue weighted by Gasteiger charge is 2.19. The van der Waals surface area contributed by atoms with Crippen LogP contribution < -0.4 is 0 Å². The van der Waals surface area contributed by atoms with Crippen molar-refractivity contribution in [3.8, 4) is 0 Å². The van der Waals surface area contributed by atoms with Crippen molar-refractivity contribution in [2.75, 3.05) is 13.7 Å². The van der Waals surface area contributed by atoms with Gasteiger partial charge < -0.3 is 9.47 Å². The SMILES string of the molecule is COC(=O)COC(=O)c1ccccc1C(=O)c1ccc(Cl)cc1. The standard InChI is InChI=1S/C17H13ClO5/c1-22-15(19)10-23-17(21)14-5-3-2-4-13(14)16(20)11-6-8-12(18)9-7-11/h2-9H,10H2,1H3. The van der Waals surface area contributed by atoms with E-state index in [-0.39, 0.29) is 16.9 Å². The molecule has 0 heterocycles. The average molecular weight is 333 g/mol. The number of methoxy groups -OCH3 is 1. The summed E-state index contributed by atoms with van der Waals surface area (Å²) < 4.78 is 9.24. The van der Waals surface area contributed by atoms with Gasteiger partial charge in [0.15, 0.2) is 12.4 Å². The van der Waals surface area contributed by atoms with E-state index in [0.29, 0.717) is 10.6 Å². The summed E-state index contributed by atoms with van der Waals surface area (Å²) in [6, 6.07) is 12.5. The molecule has 2 rings (SSSR count). The molecule has 0 aliphatic rings. The zero-order valence-corrected chi connectivity index (χ0v) is 13.0. The van der Waals surface area contributed by atoms with Crippen molar-refractivity contribution in [2.24, 2.45) is 0 Å². The Kier molecular flexibility index (Phi) is 5.49. The minimum absolute atomic E-state index is 0.0800. The maximum atomic E-state index is 12.5. The van der Waals surface area contributed by atoms with Crippen molar-refractivity contribution in [3.05, 3.63) is 70.2 Å².